The Bertz CT molecular complexity index is 1060. The van der Waals surface area contributed by atoms with Gasteiger partial charge in [-0.2, -0.15) is 0 Å². The molecule has 0 bridgehead atoms. The van der Waals surface area contributed by atoms with Crippen molar-refractivity contribution in [3.05, 3.63) is 71.4 Å². The van der Waals surface area contributed by atoms with Gasteiger partial charge in [0.1, 0.15) is 0 Å². The molecule has 4 rings (SSSR count). The van der Waals surface area contributed by atoms with Gasteiger partial charge in [-0.1, -0.05) is 56.3 Å². The minimum absolute atomic E-state index is 0.158. The topological polar surface area (TPSA) is 37.3 Å². The van der Waals surface area contributed by atoms with Gasteiger partial charge >= 0.3 is 0 Å². The van der Waals surface area contributed by atoms with E-state index in [0.29, 0.717) is 6.42 Å². The molecule has 2 aromatic carbocycles. The molecular formula is C29H39N3O. The average Bonchev–Trinajstić information content (AvgIpc) is 3.14. The molecule has 1 saturated heterocycles. The predicted molar refractivity (Wildman–Crippen MR) is 138 cm³/mol. The fraction of sp³-hybridized carbons (Fsp3) is 0.483. The maximum Gasteiger partial charge on any atom is 0.220 e. The van der Waals surface area contributed by atoms with Crippen LogP contribution in [0.4, 0.5) is 0 Å². The van der Waals surface area contributed by atoms with Crippen LogP contribution in [-0.4, -0.2) is 41.6 Å². The van der Waals surface area contributed by atoms with Crippen molar-refractivity contribution in [1.29, 1.82) is 0 Å². The monoisotopic (exact) mass is 445 g/mol. The van der Waals surface area contributed by atoms with Gasteiger partial charge in [0, 0.05) is 49.7 Å². The summed E-state index contributed by atoms with van der Waals surface area (Å²) in [6.45, 7) is 12.0. The summed E-state index contributed by atoms with van der Waals surface area (Å²) >= 11 is 0. The number of nitrogens with one attached hydrogen (secondary N) is 1. The number of carbonyl (C=O) groups is 1. The van der Waals surface area contributed by atoms with Crippen molar-refractivity contribution >= 4 is 16.8 Å². The molecule has 1 amide bonds. The third kappa shape index (κ3) is 6.26. The molecule has 4 heteroatoms. The van der Waals surface area contributed by atoms with Gasteiger partial charge in [0.2, 0.25) is 5.91 Å². The van der Waals surface area contributed by atoms with Crippen LogP contribution in [0.2, 0.25) is 0 Å². The SMILES string of the molecule is Cc1ccccc1Cn1cc(CCC(=O)NCCCN2CC(C)CC(C)C2)c2ccccc21. The highest BCUT2D eigenvalue weighted by Crippen LogP contribution is 2.24. The van der Waals surface area contributed by atoms with E-state index >= 15 is 0 Å². The van der Waals surface area contributed by atoms with Crippen molar-refractivity contribution in [3.63, 3.8) is 0 Å². The van der Waals surface area contributed by atoms with E-state index in [9.17, 15) is 4.79 Å². The third-order valence-electron chi connectivity index (χ3n) is 7.01. The van der Waals surface area contributed by atoms with Gasteiger partial charge in [-0.25, -0.2) is 0 Å². The van der Waals surface area contributed by atoms with Crippen LogP contribution in [0.25, 0.3) is 10.9 Å². The van der Waals surface area contributed by atoms with E-state index in [1.54, 1.807) is 0 Å². The highest BCUT2D eigenvalue weighted by Gasteiger charge is 2.21. The van der Waals surface area contributed by atoms with Crippen LogP contribution in [-0.2, 0) is 17.8 Å². The first-order valence-corrected chi connectivity index (χ1v) is 12.6. The van der Waals surface area contributed by atoms with Gasteiger partial charge in [0.15, 0.2) is 0 Å². The maximum atomic E-state index is 12.5. The molecule has 33 heavy (non-hydrogen) atoms. The smallest absolute Gasteiger partial charge is 0.220 e. The molecule has 1 aromatic heterocycles. The number of rotatable bonds is 9. The van der Waals surface area contributed by atoms with Crippen LogP contribution >= 0.6 is 0 Å². The Balaban J connectivity index is 1.29. The van der Waals surface area contributed by atoms with Crippen LogP contribution in [0.3, 0.4) is 0 Å². The predicted octanol–water partition coefficient (Wildman–Crippen LogP) is 5.41. The normalized spacial score (nSPS) is 19.1. The van der Waals surface area contributed by atoms with Crippen molar-refractivity contribution in [1.82, 2.24) is 14.8 Å². The lowest BCUT2D eigenvalue weighted by Crippen LogP contribution is -2.40. The summed E-state index contributed by atoms with van der Waals surface area (Å²) in [4.78, 5) is 15.1. The molecule has 2 unspecified atom stereocenters. The van der Waals surface area contributed by atoms with Gasteiger partial charge in [-0.05, 0) is 67.3 Å². The van der Waals surface area contributed by atoms with Gasteiger partial charge in [0.25, 0.3) is 0 Å². The second-order valence-corrected chi connectivity index (χ2v) is 10.1. The molecule has 2 heterocycles. The molecule has 1 aliphatic heterocycles. The Morgan fingerprint density at radius 3 is 2.52 bits per heavy atom. The summed E-state index contributed by atoms with van der Waals surface area (Å²) in [5.74, 6) is 1.73. The standard InChI is InChI=1S/C29H39N3O/c1-22-17-23(2)19-31(18-22)16-8-15-30-29(33)14-13-26-21-32(28-12-7-6-11-27(26)28)20-25-10-5-4-9-24(25)3/h4-7,9-12,21-23H,8,13-20H2,1-3H3,(H,30,33). The Morgan fingerprint density at radius 2 is 1.73 bits per heavy atom. The van der Waals surface area contributed by atoms with Crippen LogP contribution in [0, 0.1) is 18.8 Å². The summed E-state index contributed by atoms with van der Waals surface area (Å²) in [5.41, 5.74) is 5.14. The molecule has 0 aliphatic carbocycles. The number of hydrogen-bond acceptors (Lipinski definition) is 2. The molecular weight excluding hydrogens is 406 g/mol. The lowest BCUT2D eigenvalue weighted by atomic mass is 9.92. The molecule has 1 fully saturated rings. The van der Waals surface area contributed by atoms with Gasteiger partial charge in [0.05, 0.1) is 0 Å². The second kappa shape index (κ2) is 11.0. The zero-order chi connectivity index (χ0) is 23.2. The summed E-state index contributed by atoms with van der Waals surface area (Å²) < 4.78 is 2.32. The lowest BCUT2D eigenvalue weighted by molar-refractivity contribution is -0.121. The van der Waals surface area contributed by atoms with Gasteiger partial charge < -0.3 is 14.8 Å². The molecule has 4 nitrogen and oxygen atoms in total. The van der Waals surface area contributed by atoms with Crippen LogP contribution in [0.1, 0.15) is 49.8 Å². The molecule has 1 N–H and O–H groups in total. The largest absolute Gasteiger partial charge is 0.356 e. The van der Waals surface area contributed by atoms with Gasteiger partial charge in [-0.15, -0.1) is 0 Å². The molecule has 0 radical (unpaired) electrons. The molecule has 1 aliphatic rings. The third-order valence-corrected chi connectivity index (χ3v) is 7.01. The molecule has 3 aromatic rings. The molecule has 2 atom stereocenters. The first-order chi connectivity index (χ1) is 16.0. The lowest BCUT2D eigenvalue weighted by Gasteiger charge is -2.34. The van der Waals surface area contributed by atoms with E-state index in [1.807, 2.05) is 0 Å². The first-order valence-electron chi connectivity index (χ1n) is 12.6. The van der Waals surface area contributed by atoms with Gasteiger partial charge in [-0.3, -0.25) is 4.79 Å². The number of amides is 1. The van der Waals surface area contributed by atoms with E-state index in [4.69, 9.17) is 0 Å². The van der Waals surface area contributed by atoms with Crippen molar-refractivity contribution < 1.29 is 4.79 Å². The number of fused-ring (bicyclic) bond motifs is 1. The zero-order valence-electron chi connectivity index (χ0n) is 20.5. The van der Waals surface area contributed by atoms with E-state index in [-0.39, 0.29) is 5.91 Å². The van der Waals surface area contributed by atoms with Crippen LogP contribution in [0.5, 0.6) is 0 Å². The van der Waals surface area contributed by atoms with Crippen molar-refractivity contribution in [3.8, 4) is 0 Å². The zero-order valence-corrected chi connectivity index (χ0v) is 20.5. The number of aromatic nitrogens is 1. The number of carbonyl (C=O) groups excluding carboxylic acids is 1. The molecule has 0 saturated carbocycles. The summed E-state index contributed by atoms with van der Waals surface area (Å²) in [5, 5.41) is 4.40. The number of benzene rings is 2. The average molecular weight is 446 g/mol. The Labute approximate surface area is 199 Å². The number of hydrogen-bond donors (Lipinski definition) is 1. The van der Waals surface area contributed by atoms with E-state index < -0.39 is 0 Å². The van der Waals surface area contributed by atoms with E-state index in [0.717, 1.165) is 44.3 Å². The highest BCUT2D eigenvalue weighted by atomic mass is 16.1. The van der Waals surface area contributed by atoms with Crippen LogP contribution < -0.4 is 5.32 Å². The number of likely N-dealkylation sites (tertiary alicyclic amines) is 1. The number of aryl methyl sites for hydroxylation is 2. The minimum Gasteiger partial charge on any atom is -0.356 e. The molecule has 0 spiro atoms. The second-order valence-electron chi connectivity index (χ2n) is 10.1. The van der Waals surface area contributed by atoms with E-state index in [2.05, 4.69) is 90.3 Å². The summed E-state index contributed by atoms with van der Waals surface area (Å²) in [6, 6.07) is 17.1. The van der Waals surface area contributed by atoms with Crippen molar-refractivity contribution in [2.24, 2.45) is 11.8 Å². The fourth-order valence-corrected chi connectivity index (χ4v) is 5.47. The van der Waals surface area contributed by atoms with Crippen molar-refractivity contribution in [2.45, 2.75) is 53.0 Å². The minimum atomic E-state index is 0.158. The number of para-hydroxylation sites is 1. The Hall–Kier alpha value is -2.59. The number of piperidine rings is 1. The van der Waals surface area contributed by atoms with Crippen molar-refractivity contribution in [2.75, 3.05) is 26.2 Å². The maximum absolute atomic E-state index is 12.5. The Morgan fingerprint density at radius 1 is 1.00 bits per heavy atom. The highest BCUT2D eigenvalue weighted by molar-refractivity contribution is 5.85. The summed E-state index contributed by atoms with van der Waals surface area (Å²) in [6.07, 6.45) is 5.92. The Kier molecular flexibility index (Phi) is 7.87. The first kappa shape index (κ1) is 23.6. The summed E-state index contributed by atoms with van der Waals surface area (Å²) in [7, 11) is 0. The molecule has 176 valence electrons. The quantitative estimate of drug-likeness (QED) is 0.447. The fourth-order valence-electron chi connectivity index (χ4n) is 5.47. The number of nitrogens with zero attached hydrogens (tertiary/aromatic N) is 2. The van der Waals surface area contributed by atoms with E-state index in [1.165, 1.54) is 47.1 Å². The van der Waals surface area contributed by atoms with Crippen LogP contribution in [0.15, 0.2) is 54.7 Å².